The Morgan fingerprint density at radius 1 is 1.43 bits per heavy atom. The van der Waals surface area contributed by atoms with E-state index in [-0.39, 0.29) is 38.3 Å². The van der Waals surface area contributed by atoms with Crippen LogP contribution in [0.25, 0.3) is 0 Å². The lowest BCUT2D eigenvalue weighted by Crippen LogP contribution is -2.36. The molecule has 1 aliphatic heterocycles. The number of amides is 1. The Balaban J connectivity index is 2.38. The minimum atomic E-state index is -0.917. The summed E-state index contributed by atoms with van der Waals surface area (Å²) in [6, 6.07) is 0. The van der Waals surface area contributed by atoms with E-state index < -0.39 is 10.5 Å². The molecule has 23 heavy (non-hydrogen) atoms. The smallest absolute Gasteiger partial charge is 0.312 e. The average molecular weight is 327 g/mol. The first-order valence-electron chi connectivity index (χ1n) is 7.04. The van der Waals surface area contributed by atoms with Crippen LogP contribution in [0.15, 0.2) is 23.9 Å². The topological polar surface area (TPSA) is 111 Å². The summed E-state index contributed by atoms with van der Waals surface area (Å²) in [6.07, 6.45) is 5.01. The molecule has 0 saturated heterocycles. The lowest BCUT2D eigenvalue weighted by atomic mass is 9.98. The van der Waals surface area contributed by atoms with Crippen molar-refractivity contribution in [2.75, 3.05) is 26.4 Å². The van der Waals surface area contributed by atoms with Crippen molar-refractivity contribution < 1.29 is 24.3 Å². The van der Waals surface area contributed by atoms with E-state index in [2.05, 4.69) is 10.2 Å². The van der Waals surface area contributed by atoms with Gasteiger partial charge in [0.15, 0.2) is 6.73 Å². The summed E-state index contributed by atoms with van der Waals surface area (Å²) in [7, 11) is 0. The number of carbonyl (C=O) groups excluding carboxylic acids is 2. The normalized spacial score (nSPS) is 14.0. The third-order valence-corrected chi connectivity index (χ3v) is 2.82. The van der Waals surface area contributed by atoms with Crippen LogP contribution >= 0.6 is 0 Å². The van der Waals surface area contributed by atoms with Crippen LogP contribution in [0.3, 0.4) is 0 Å². The molecule has 0 bridgehead atoms. The third-order valence-electron chi connectivity index (χ3n) is 2.82. The van der Waals surface area contributed by atoms with Gasteiger partial charge < -0.3 is 19.8 Å². The molecule has 0 saturated carbocycles. The molecule has 0 aromatic heterocycles. The highest BCUT2D eigenvalue weighted by Gasteiger charge is 2.24. The summed E-state index contributed by atoms with van der Waals surface area (Å²) in [5.74, 6) is -0.683. The first-order chi connectivity index (χ1) is 10.7. The Labute approximate surface area is 134 Å². The molecule has 128 valence electrons. The van der Waals surface area contributed by atoms with E-state index >= 15 is 0 Å². The zero-order valence-electron chi connectivity index (χ0n) is 13.4. The van der Waals surface area contributed by atoms with E-state index in [9.17, 15) is 19.7 Å². The minimum Gasteiger partial charge on any atom is -0.444 e. The summed E-state index contributed by atoms with van der Waals surface area (Å²) in [5, 5.41) is 11.6. The molecule has 0 fully saturated rings. The Hall–Kier alpha value is -2.58. The summed E-state index contributed by atoms with van der Waals surface area (Å²) in [5.41, 5.74) is -0.132. The summed E-state index contributed by atoms with van der Waals surface area (Å²) in [6.45, 7) is 5.40. The molecule has 0 unspecified atom stereocenters. The maximum atomic E-state index is 11.9. The molecular weight excluding hydrogens is 306 g/mol. The van der Waals surface area contributed by atoms with Gasteiger partial charge in [-0.2, -0.15) is 0 Å². The van der Waals surface area contributed by atoms with Crippen molar-refractivity contribution in [3.05, 3.63) is 34.0 Å². The first-order valence-corrected chi connectivity index (χ1v) is 7.04. The van der Waals surface area contributed by atoms with Crippen LogP contribution in [0.2, 0.25) is 0 Å². The lowest BCUT2D eigenvalue weighted by Gasteiger charge is -2.25. The zero-order valence-corrected chi connectivity index (χ0v) is 13.4. The van der Waals surface area contributed by atoms with Gasteiger partial charge in [-0.3, -0.25) is 9.59 Å². The van der Waals surface area contributed by atoms with E-state index in [1.165, 1.54) is 0 Å². The number of hydrogen-bond acceptors (Lipinski definition) is 7. The van der Waals surface area contributed by atoms with E-state index in [4.69, 9.17) is 4.74 Å². The summed E-state index contributed by atoms with van der Waals surface area (Å²) in [4.78, 5) is 39.4. The van der Waals surface area contributed by atoms with Crippen LogP contribution in [-0.4, -0.2) is 48.3 Å². The molecule has 0 atom stereocenters. The van der Waals surface area contributed by atoms with Crippen LogP contribution in [0.4, 0.5) is 0 Å². The van der Waals surface area contributed by atoms with Crippen LogP contribution in [0, 0.1) is 15.5 Å². The Kier molecular flexibility index (Phi) is 6.55. The highest BCUT2D eigenvalue weighted by atomic mass is 16.9. The van der Waals surface area contributed by atoms with Gasteiger partial charge in [0.05, 0.1) is 12.0 Å². The fourth-order valence-electron chi connectivity index (χ4n) is 1.60. The van der Waals surface area contributed by atoms with Gasteiger partial charge in [-0.15, -0.1) is 10.1 Å². The molecule has 0 spiro atoms. The SMILES string of the molecule is CC(C)(C)C(=O)OCN1C=CC=C(C(=O)NCCO[N+](=O)[O-])C1. The molecule has 1 heterocycles. The second kappa shape index (κ2) is 8.16. The number of nitrogens with one attached hydrogen (secondary N) is 1. The molecular formula is C14H21N3O6. The maximum absolute atomic E-state index is 11.9. The minimum absolute atomic E-state index is 0.0277. The Morgan fingerprint density at radius 2 is 2.13 bits per heavy atom. The largest absolute Gasteiger partial charge is 0.444 e. The molecule has 0 aromatic rings. The van der Waals surface area contributed by atoms with E-state index in [0.717, 1.165) is 0 Å². The molecule has 1 aliphatic rings. The zero-order chi connectivity index (χ0) is 17.5. The van der Waals surface area contributed by atoms with Crippen molar-refractivity contribution >= 4 is 11.9 Å². The van der Waals surface area contributed by atoms with Gasteiger partial charge in [0.25, 0.3) is 5.09 Å². The van der Waals surface area contributed by atoms with Gasteiger partial charge in [0, 0.05) is 18.3 Å². The van der Waals surface area contributed by atoms with Crippen molar-refractivity contribution in [3.8, 4) is 0 Å². The fourth-order valence-corrected chi connectivity index (χ4v) is 1.60. The fraction of sp³-hybridized carbons (Fsp3) is 0.571. The van der Waals surface area contributed by atoms with Crippen molar-refractivity contribution in [1.29, 1.82) is 0 Å². The standard InChI is InChI=1S/C14H21N3O6/c1-14(2,3)13(19)22-10-16-7-4-5-11(9-16)12(18)15-6-8-23-17(20)21/h4-5,7H,6,8-10H2,1-3H3,(H,15,18). The highest BCUT2D eigenvalue weighted by molar-refractivity contribution is 5.94. The van der Waals surface area contributed by atoms with Crippen LogP contribution in [0.5, 0.6) is 0 Å². The average Bonchev–Trinajstić information content (AvgIpc) is 2.48. The van der Waals surface area contributed by atoms with E-state index in [0.29, 0.717) is 5.57 Å². The molecule has 0 aromatic carbocycles. The van der Waals surface area contributed by atoms with Gasteiger partial charge in [0.1, 0.15) is 6.61 Å². The molecule has 1 rings (SSSR count). The van der Waals surface area contributed by atoms with Crippen molar-refractivity contribution in [1.82, 2.24) is 10.2 Å². The number of esters is 1. The maximum Gasteiger partial charge on any atom is 0.312 e. The van der Waals surface area contributed by atoms with Crippen LogP contribution in [-0.2, 0) is 19.2 Å². The third kappa shape index (κ3) is 6.81. The van der Waals surface area contributed by atoms with Crippen molar-refractivity contribution in [2.45, 2.75) is 20.8 Å². The number of allylic oxidation sites excluding steroid dienone is 2. The number of ether oxygens (including phenoxy) is 1. The van der Waals surface area contributed by atoms with Crippen LogP contribution in [0.1, 0.15) is 20.8 Å². The molecule has 1 N–H and O–H groups in total. The quantitative estimate of drug-likeness (QED) is 0.316. The number of nitrogens with zero attached hydrogens (tertiary/aromatic N) is 2. The van der Waals surface area contributed by atoms with E-state index in [1.807, 2.05) is 0 Å². The number of carbonyl (C=O) groups is 2. The molecule has 9 nitrogen and oxygen atoms in total. The van der Waals surface area contributed by atoms with Crippen LogP contribution < -0.4 is 5.32 Å². The second-order valence-corrected chi connectivity index (χ2v) is 5.90. The van der Waals surface area contributed by atoms with Gasteiger partial charge in [-0.25, -0.2) is 0 Å². The molecule has 1 amide bonds. The van der Waals surface area contributed by atoms with Gasteiger partial charge in [-0.1, -0.05) is 6.08 Å². The first kappa shape index (κ1) is 18.5. The molecule has 0 aliphatic carbocycles. The highest BCUT2D eigenvalue weighted by Crippen LogP contribution is 2.16. The number of hydrogen-bond donors (Lipinski definition) is 1. The number of rotatable bonds is 7. The Morgan fingerprint density at radius 3 is 2.74 bits per heavy atom. The van der Waals surface area contributed by atoms with Gasteiger partial charge >= 0.3 is 5.97 Å². The van der Waals surface area contributed by atoms with Crippen molar-refractivity contribution in [2.24, 2.45) is 5.41 Å². The second-order valence-electron chi connectivity index (χ2n) is 5.90. The Bertz CT molecular complexity index is 521. The predicted molar refractivity (Wildman–Crippen MR) is 80.3 cm³/mol. The summed E-state index contributed by atoms with van der Waals surface area (Å²) >= 11 is 0. The molecule has 0 radical (unpaired) electrons. The van der Waals surface area contributed by atoms with Gasteiger partial charge in [0.2, 0.25) is 5.91 Å². The molecule has 9 heteroatoms. The lowest BCUT2D eigenvalue weighted by molar-refractivity contribution is -0.757. The van der Waals surface area contributed by atoms with Gasteiger partial charge in [-0.05, 0) is 26.8 Å². The van der Waals surface area contributed by atoms with Crippen molar-refractivity contribution in [3.63, 3.8) is 0 Å². The predicted octanol–water partition coefficient (Wildman–Crippen LogP) is 0.613. The monoisotopic (exact) mass is 327 g/mol. The summed E-state index contributed by atoms with van der Waals surface area (Å²) < 4.78 is 5.18. The van der Waals surface area contributed by atoms with E-state index in [1.54, 1.807) is 44.0 Å².